The fraction of sp³-hybridized carbons (Fsp3) is 0.281. The number of nitrogens with zero attached hydrogens (tertiary/aromatic N) is 1. The zero-order valence-electron chi connectivity index (χ0n) is 24.1. The van der Waals surface area contributed by atoms with Gasteiger partial charge in [-0.05, 0) is 102 Å². The van der Waals surface area contributed by atoms with Gasteiger partial charge in [-0.15, -0.1) is 0 Å². The molecule has 0 radical (unpaired) electrons. The lowest BCUT2D eigenvalue weighted by Gasteiger charge is -2.26. The van der Waals surface area contributed by atoms with Crippen LogP contribution in [-0.4, -0.2) is 42.6 Å². The average Bonchev–Trinajstić information content (AvgIpc) is 2.98. The Bertz CT molecular complexity index is 1520. The summed E-state index contributed by atoms with van der Waals surface area (Å²) < 4.78 is 37.2. The third-order valence-electron chi connectivity index (χ3n) is 6.24. The summed E-state index contributed by atoms with van der Waals surface area (Å²) in [7, 11) is 0. The van der Waals surface area contributed by atoms with Crippen molar-refractivity contribution in [3.05, 3.63) is 86.2 Å². The van der Waals surface area contributed by atoms with Crippen LogP contribution in [0, 0.1) is 9.39 Å². The lowest BCUT2D eigenvalue weighted by molar-refractivity contribution is -0.130. The maximum absolute atomic E-state index is 13.5. The smallest absolute Gasteiger partial charge is 0.331 e. The number of rotatable bonds is 13. The lowest BCUT2D eigenvalue weighted by Crippen LogP contribution is -2.53. The number of imide groups is 2. The van der Waals surface area contributed by atoms with Crippen LogP contribution < -0.4 is 24.3 Å². The molecule has 0 spiro atoms. The van der Waals surface area contributed by atoms with Gasteiger partial charge in [0.25, 0.3) is 11.8 Å². The monoisotopic (exact) mass is 702 g/mol. The number of ether oxygens (including phenoxy) is 4. The van der Waals surface area contributed by atoms with Crippen molar-refractivity contribution in [2.24, 2.45) is 0 Å². The van der Waals surface area contributed by atoms with E-state index in [9.17, 15) is 18.8 Å². The average molecular weight is 703 g/mol. The summed E-state index contributed by atoms with van der Waals surface area (Å²) in [4.78, 5) is 39.9. The summed E-state index contributed by atoms with van der Waals surface area (Å²) in [6.07, 6.45) is 2.24. The van der Waals surface area contributed by atoms with E-state index in [1.54, 1.807) is 42.5 Å². The van der Waals surface area contributed by atoms with E-state index in [4.69, 9.17) is 18.9 Å². The molecule has 1 saturated heterocycles. The number of hydrogen-bond donors (Lipinski definition) is 1. The van der Waals surface area contributed by atoms with E-state index < -0.39 is 17.8 Å². The number of hydrogen-bond acceptors (Lipinski definition) is 7. The highest BCUT2D eigenvalue weighted by atomic mass is 127. The van der Waals surface area contributed by atoms with E-state index in [0.29, 0.717) is 57.5 Å². The minimum atomic E-state index is -0.814. The van der Waals surface area contributed by atoms with Gasteiger partial charge in [-0.2, -0.15) is 0 Å². The predicted molar refractivity (Wildman–Crippen MR) is 167 cm³/mol. The van der Waals surface area contributed by atoms with E-state index in [0.717, 1.165) is 16.9 Å². The maximum Gasteiger partial charge on any atom is 0.331 e. The van der Waals surface area contributed by atoms with E-state index in [-0.39, 0.29) is 24.5 Å². The van der Waals surface area contributed by atoms with Crippen LogP contribution in [0.5, 0.6) is 23.0 Å². The maximum atomic E-state index is 13.5. The molecule has 1 fully saturated rings. The van der Waals surface area contributed by atoms with Crippen LogP contribution in [0.2, 0.25) is 0 Å². The number of barbiturate groups is 1. The Morgan fingerprint density at radius 2 is 1.53 bits per heavy atom. The molecular weight excluding hydrogens is 670 g/mol. The molecule has 0 saturated carbocycles. The number of carbonyl (C=O) groups is 3. The molecule has 0 bridgehead atoms. The highest BCUT2D eigenvalue weighted by molar-refractivity contribution is 14.1. The predicted octanol–water partition coefficient (Wildman–Crippen LogP) is 6.26. The SMILES string of the molecule is CCCOc1ccc(CN2C(=O)NC(=O)/C(=C\c3cc(I)c(OCc4ccc(F)cc4)c(OCC)c3)C2=O)cc1OCC. The summed E-state index contributed by atoms with van der Waals surface area (Å²) in [5.41, 5.74) is 1.70. The molecule has 1 N–H and O–H groups in total. The number of nitrogens with one attached hydrogen (secondary N) is 1. The molecule has 1 aliphatic rings. The van der Waals surface area contributed by atoms with E-state index >= 15 is 0 Å². The Labute approximate surface area is 263 Å². The van der Waals surface area contributed by atoms with Gasteiger partial charge in [0.1, 0.15) is 18.0 Å². The van der Waals surface area contributed by atoms with Crippen LogP contribution in [0.3, 0.4) is 0 Å². The normalized spacial score (nSPS) is 14.1. The first kappa shape index (κ1) is 31.8. The van der Waals surface area contributed by atoms with E-state index in [1.165, 1.54) is 18.2 Å². The number of amides is 4. The van der Waals surface area contributed by atoms with Gasteiger partial charge in [0.15, 0.2) is 23.0 Å². The molecule has 0 aliphatic carbocycles. The Hall–Kier alpha value is -4.13. The molecule has 0 atom stereocenters. The van der Waals surface area contributed by atoms with Crippen molar-refractivity contribution in [3.8, 4) is 23.0 Å². The molecule has 226 valence electrons. The van der Waals surface area contributed by atoms with Gasteiger partial charge in [-0.3, -0.25) is 19.8 Å². The molecule has 4 rings (SSSR count). The third kappa shape index (κ3) is 8.04. The summed E-state index contributed by atoms with van der Waals surface area (Å²) in [6, 6.07) is 13.8. The molecule has 3 aromatic carbocycles. The Morgan fingerprint density at radius 1 is 0.837 bits per heavy atom. The third-order valence-corrected chi connectivity index (χ3v) is 7.04. The second-order valence-corrected chi connectivity index (χ2v) is 10.6. The fourth-order valence-corrected chi connectivity index (χ4v) is 5.03. The zero-order valence-corrected chi connectivity index (χ0v) is 26.2. The molecule has 11 heteroatoms. The van der Waals surface area contributed by atoms with Crippen molar-refractivity contribution in [1.29, 1.82) is 0 Å². The number of benzene rings is 3. The van der Waals surface area contributed by atoms with Crippen molar-refractivity contribution in [3.63, 3.8) is 0 Å². The Morgan fingerprint density at radius 3 is 2.23 bits per heavy atom. The molecule has 43 heavy (non-hydrogen) atoms. The van der Waals surface area contributed by atoms with Crippen molar-refractivity contribution in [2.45, 2.75) is 40.3 Å². The second kappa shape index (κ2) is 14.9. The van der Waals surface area contributed by atoms with Gasteiger partial charge in [0.2, 0.25) is 0 Å². The Balaban J connectivity index is 1.58. The number of halogens is 2. The molecule has 4 amide bonds. The van der Waals surface area contributed by atoms with Gasteiger partial charge >= 0.3 is 6.03 Å². The molecule has 9 nitrogen and oxygen atoms in total. The fourth-order valence-electron chi connectivity index (χ4n) is 4.25. The molecule has 3 aromatic rings. The minimum Gasteiger partial charge on any atom is -0.490 e. The topological polar surface area (TPSA) is 103 Å². The number of urea groups is 1. The van der Waals surface area contributed by atoms with Gasteiger partial charge < -0.3 is 18.9 Å². The molecule has 1 aliphatic heterocycles. The quantitative estimate of drug-likeness (QED) is 0.128. The first-order chi connectivity index (χ1) is 20.7. The molecule has 1 heterocycles. The van der Waals surface area contributed by atoms with Crippen molar-refractivity contribution < 1.29 is 37.7 Å². The molecule has 0 aromatic heterocycles. The summed E-state index contributed by atoms with van der Waals surface area (Å²) in [6.45, 7) is 7.05. The van der Waals surface area contributed by atoms with Crippen molar-refractivity contribution in [1.82, 2.24) is 10.2 Å². The van der Waals surface area contributed by atoms with Crippen LogP contribution >= 0.6 is 22.6 Å². The highest BCUT2D eigenvalue weighted by Gasteiger charge is 2.36. The van der Waals surface area contributed by atoms with Crippen molar-refractivity contribution in [2.75, 3.05) is 19.8 Å². The standard InChI is InChI=1S/C32H32FIN2O7/c1-4-13-42-26-12-9-21(16-27(26)40-5-2)18-36-31(38)24(30(37)35-32(36)39)14-22-15-25(34)29(28(17-22)41-6-3)43-19-20-7-10-23(33)11-8-20/h7-12,14-17H,4-6,13,18-19H2,1-3H3,(H,35,37,39)/b24-14+. The Kier molecular flexibility index (Phi) is 11.0. The van der Waals surface area contributed by atoms with Gasteiger partial charge in [-0.25, -0.2) is 9.18 Å². The largest absolute Gasteiger partial charge is 0.490 e. The first-order valence-corrected chi connectivity index (χ1v) is 14.9. The van der Waals surface area contributed by atoms with Gasteiger partial charge in [0, 0.05) is 0 Å². The first-order valence-electron chi connectivity index (χ1n) is 13.8. The van der Waals surface area contributed by atoms with Crippen LogP contribution in [0.4, 0.5) is 9.18 Å². The summed E-state index contributed by atoms with van der Waals surface area (Å²) in [5.74, 6) is 0.0945. The zero-order chi connectivity index (χ0) is 30.9. The summed E-state index contributed by atoms with van der Waals surface area (Å²) in [5, 5.41) is 2.26. The lowest BCUT2D eigenvalue weighted by atomic mass is 10.1. The molecular formula is C32H32FIN2O7. The van der Waals surface area contributed by atoms with Crippen LogP contribution in [0.15, 0.2) is 60.2 Å². The highest BCUT2D eigenvalue weighted by Crippen LogP contribution is 2.36. The minimum absolute atomic E-state index is 0.0820. The molecule has 0 unspecified atom stereocenters. The van der Waals surface area contributed by atoms with Crippen LogP contribution in [0.1, 0.15) is 43.9 Å². The van der Waals surface area contributed by atoms with E-state index in [2.05, 4.69) is 27.9 Å². The van der Waals surface area contributed by atoms with Crippen molar-refractivity contribution >= 4 is 46.5 Å². The van der Waals surface area contributed by atoms with Crippen LogP contribution in [0.25, 0.3) is 6.08 Å². The van der Waals surface area contributed by atoms with E-state index in [1.807, 2.05) is 20.8 Å². The number of carbonyl (C=O) groups excluding carboxylic acids is 3. The second-order valence-electron chi connectivity index (χ2n) is 9.45. The summed E-state index contributed by atoms with van der Waals surface area (Å²) >= 11 is 2.08. The van der Waals surface area contributed by atoms with Gasteiger partial charge in [-0.1, -0.05) is 25.1 Å². The van der Waals surface area contributed by atoms with Gasteiger partial charge in [0.05, 0.1) is 29.9 Å². The van der Waals surface area contributed by atoms with Crippen LogP contribution in [-0.2, 0) is 22.7 Å².